The Bertz CT molecular complexity index is 1750. The molecule has 0 atom stereocenters. The number of aliphatic imine (C=N–C) groups is 1. The average Bonchev–Trinajstić information content (AvgIpc) is 3.56. The van der Waals surface area contributed by atoms with Gasteiger partial charge in [0.15, 0.2) is 11.6 Å². The average molecular weight is 533 g/mol. The quantitative estimate of drug-likeness (QED) is 0.267. The van der Waals surface area contributed by atoms with Crippen molar-refractivity contribution in [2.75, 3.05) is 6.54 Å². The normalized spacial score (nSPS) is 16.1. The molecular formula is C33H29FN4O2. The summed E-state index contributed by atoms with van der Waals surface area (Å²) in [7, 11) is 0. The summed E-state index contributed by atoms with van der Waals surface area (Å²) >= 11 is 0. The number of benzene rings is 3. The van der Waals surface area contributed by atoms with Crippen molar-refractivity contribution in [3.8, 4) is 22.6 Å². The SMILES string of the molecule is CCc1cc(O)c(F)cc1-c1ccc2c(c1)C1=CC(c3nc4c([nH]3)CN(Cc3ccc(O)cc3)CC4)=CCC1=N2. The van der Waals surface area contributed by atoms with Crippen molar-refractivity contribution < 1.29 is 14.6 Å². The molecule has 0 radical (unpaired) electrons. The minimum atomic E-state index is -0.616. The van der Waals surface area contributed by atoms with Crippen molar-refractivity contribution in [1.82, 2.24) is 14.9 Å². The third-order valence-electron chi connectivity index (χ3n) is 8.06. The Morgan fingerprint density at radius 1 is 1.02 bits per heavy atom. The van der Waals surface area contributed by atoms with E-state index in [1.165, 1.54) is 17.7 Å². The number of nitrogens with one attached hydrogen (secondary N) is 1. The molecule has 0 amide bonds. The van der Waals surface area contributed by atoms with Crippen molar-refractivity contribution in [2.45, 2.75) is 39.3 Å². The van der Waals surface area contributed by atoms with Gasteiger partial charge in [-0.2, -0.15) is 0 Å². The predicted octanol–water partition coefficient (Wildman–Crippen LogP) is 6.70. The van der Waals surface area contributed by atoms with Crippen LogP contribution in [0.5, 0.6) is 11.5 Å². The Hall–Kier alpha value is -4.49. The number of aromatic nitrogens is 2. The Balaban J connectivity index is 1.16. The summed E-state index contributed by atoms with van der Waals surface area (Å²) in [5.41, 5.74) is 11.1. The monoisotopic (exact) mass is 532 g/mol. The highest BCUT2D eigenvalue weighted by Crippen LogP contribution is 2.43. The number of halogens is 1. The molecule has 40 heavy (non-hydrogen) atoms. The lowest BCUT2D eigenvalue weighted by molar-refractivity contribution is 0.241. The molecule has 3 aliphatic rings. The lowest BCUT2D eigenvalue weighted by atomic mass is 9.90. The molecule has 4 aromatic rings. The highest BCUT2D eigenvalue weighted by molar-refractivity contribution is 6.32. The molecule has 0 bridgehead atoms. The second-order valence-corrected chi connectivity index (χ2v) is 10.7. The smallest absolute Gasteiger partial charge is 0.165 e. The molecule has 3 heterocycles. The number of hydrogen-bond donors (Lipinski definition) is 3. The molecule has 0 spiro atoms. The van der Waals surface area contributed by atoms with Crippen LogP contribution in [0.3, 0.4) is 0 Å². The van der Waals surface area contributed by atoms with Gasteiger partial charge < -0.3 is 15.2 Å². The zero-order chi connectivity index (χ0) is 27.4. The number of H-pyrrole nitrogens is 1. The van der Waals surface area contributed by atoms with E-state index in [1.807, 2.05) is 31.2 Å². The van der Waals surface area contributed by atoms with Crippen LogP contribution in [0.4, 0.5) is 10.1 Å². The third kappa shape index (κ3) is 4.32. The first kappa shape index (κ1) is 24.5. The molecule has 6 nitrogen and oxygen atoms in total. The molecule has 7 rings (SSSR count). The zero-order valence-electron chi connectivity index (χ0n) is 22.2. The van der Waals surface area contributed by atoms with Gasteiger partial charge >= 0.3 is 0 Å². The molecule has 0 saturated heterocycles. The zero-order valence-corrected chi connectivity index (χ0v) is 22.2. The van der Waals surface area contributed by atoms with Crippen LogP contribution in [-0.2, 0) is 25.9 Å². The summed E-state index contributed by atoms with van der Waals surface area (Å²) in [6.45, 7) is 4.56. The molecule has 0 fully saturated rings. The number of fused-ring (bicyclic) bond motifs is 4. The fourth-order valence-corrected chi connectivity index (χ4v) is 5.93. The van der Waals surface area contributed by atoms with E-state index in [0.717, 1.165) is 94.5 Å². The Morgan fingerprint density at radius 2 is 1.88 bits per heavy atom. The maximum atomic E-state index is 14.3. The first-order valence-corrected chi connectivity index (χ1v) is 13.7. The molecule has 0 unspecified atom stereocenters. The van der Waals surface area contributed by atoms with E-state index in [2.05, 4.69) is 28.1 Å². The van der Waals surface area contributed by atoms with Crippen molar-refractivity contribution in [2.24, 2.45) is 4.99 Å². The second-order valence-electron chi connectivity index (χ2n) is 10.7. The van der Waals surface area contributed by atoms with Gasteiger partial charge in [0, 0.05) is 49.2 Å². The third-order valence-corrected chi connectivity index (χ3v) is 8.06. The van der Waals surface area contributed by atoms with E-state index >= 15 is 0 Å². The number of rotatable bonds is 5. The van der Waals surface area contributed by atoms with E-state index in [-0.39, 0.29) is 11.5 Å². The van der Waals surface area contributed by atoms with Gasteiger partial charge in [-0.05, 0) is 71.1 Å². The van der Waals surface area contributed by atoms with E-state index in [0.29, 0.717) is 6.42 Å². The standard InChI is InChI=1S/C33H29FN4O2/c1-2-20-15-32(40)27(34)16-24(20)21-5-9-28-25(13-21)26-14-22(6-10-29(26)35-28)33-36-30-11-12-38(18-31(30)37-33)17-19-3-7-23(39)8-4-19/h3-9,13-16,39-40H,2,10-12,17-18H2,1H3,(H,36,37). The second kappa shape index (κ2) is 9.61. The Morgan fingerprint density at radius 3 is 2.70 bits per heavy atom. The lowest BCUT2D eigenvalue weighted by Gasteiger charge is -2.25. The first-order chi connectivity index (χ1) is 19.4. The number of aromatic hydroxyl groups is 2. The lowest BCUT2D eigenvalue weighted by Crippen LogP contribution is -2.30. The van der Waals surface area contributed by atoms with E-state index in [1.54, 1.807) is 12.1 Å². The van der Waals surface area contributed by atoms with Crippen LogP contribution in [0.15, 0.2) is 71.7 Å². The summed E-state index contributed by atoms with van der Waals surface area (Å²) < 4.78 is 14.3. The highest BCUT2D eigenvalue weighted by atomic mass is 19.1. The summed E-state index contributed by atoms with van der Waals surface area (Å²) in [4.78, 5) is 15.8. The van der Waals surface area contributed by atoms with Gasteiger partial charge in [-0.3, -0.25) is 9.89 Å². The molecule has 2 aliphatic heterocycles. The summed E-state index contributed by atoms with van der Waals surface area (Å²) in [5, 5.41) is 19.4. The van der Waals surface area contributed by atoms with Crippen LogP contribution in [0.2, 0.25) is 0 Å². The van der Waals surface area contributed by atoms with E-state index < -0.39 is 5.82 Å². The van der Waals surface area contributed by atoms with Crippen molar-refractivity contribution >= 4 is 22.5 Å². The minimum absolute atomic E-state index is 0.284. The first-order valence-electron chi connectivity index (χ1n) is 13.7. The van der Waals surface area contributed by atoms with Crippen molar-refractivity contribution in [3.63, 3.8) is 0 Å². The Kier molecular flexibility index (Phi) is 5.90. The molecule has 3 N–H and O–H groups in total. The van der Waals surface area contributed by atoms with Crippen molar-refractivity contribution in [1.29, 1.82) is 0 Å². The summed E-state index contributed by atoms with van der Waals surface area (Å²) in [6.07, 6.45) is 6.63. The number of aryl methyl sites for hydroxylation is 1. The molecule has 0 saturated carbocycles. The molecule has 1 aliphatic carbocycles. The maximum Gasteiger partial charge on any atom is 0.165 e. The number of phenolic OH excluding ortho intramolecular Hbond substituents is 2. The number of aromatic amines is 1. The molecular weight excluding hydrogens is 503 g/mol. The maximum absolute atomic E-state index is 14.3. The van der Waals surface area contributed by atoms with Crippen LogP contribution in [0, 0.1) is 5.82 Å². The topological polar surface area (TPSA) is 84.7 Å². The number of imidazole rings is 1. The van der Waals surface area contributed by atoms with Crippen LogP contribution in [0.1, 0.15) is 47.2 Å². The fraction of sp³-hybridized carbons (Fsp3) is 0.212. The van der Waals surface area contributed by atoms with Gasteiger partial charge in [0.2, 0.25) is 0 Å². The van der Waals surface area contributed by atoms with E-state index in [4.69, 9.17) is 9.98 Å². The van der Waals surface area contributed by atoms with Gasteiger partial charge in [-0.25, -0.2) is 9.37 Å². The van der Waals surface area contributed by atoms with Crippen molar-refractivity contribution in [3.05, 3.63) is 106 Å². The van der Waals surface area contributed by atoms with Gasteiger partial charge in [0.05, 0.1) is 22.8 Å². The number of hydrogen-bond acceptors (Lipinski definition) is 5. The van der Waals surface area contributed by atoms with Crippen LogP contribution in [0.25, 0.3) is 22.3 Å². The summed E-state index contributed by atoms with van der Waals surface area (Å²) in [5.74, 6) is 0.227. The molecule has 200 valence electrons. The Labute approximate surface area is 231 Å². The van der Waals surface area contributed by atoms with Gasteiger partial charge in [-0.15, -0.1) is 0 Å². The number of nitrogens with zero attached hydrogens (tertiary/aromatic N) is 3. The number of allylic oxidation sites excluding steroid dienone is 4. The van der Waals surface area contributed by atoms with Crippen LogP contribution >= 0.6 is 0 Å². The molecule has 7 heteroatoms. The van der Waals surface area contributed by atoms with Crippen LogP contribution < -0.4 is 0 Å². The summed E-state index contributed by atoms with van der Waals surface area (Å²) in [6, 6.07) is 16.4. The molecule has 3 aromatic carbocycles. The highest BCUT2D eigenvalue weighted by Gasteiger charge is 2.27. The molecule has 1 aromatic heterocycles. The van der Waals surface area contributed by atoms with Crippen LogP contribution in [-0.4, -0.2) is 37.3 Å². The number of phenols is 2. The fourth-order valence-electron chi connectivity index (χ4n) is 5.93. The van der Waals surface area contributed by atoms with Gasteiger partial charge in [-0.1, -0.05) is 31.2 Å². The van der Waals surface area contributed by atoms with E-state index in [9.17, 15) is 14.6 Å². The van der Waals surface area contributed by atoms with Gasteiger partial charge in [0.1, 0.15) is 11.6 Å². The largest absolute Gasteiger partial charge is 0.508 e. The van der Waals surface area contributed by atoms with Gasteiger partial charge in [0.25, 0.3) is 0 Å². The minimum Gasteiger partial charge on any atom is -0.508 e. The predicted molar refractivity (Wildman–Crippen MR) is 155 cm³/mol.